The minimum absolute atomic E-state index is 0.107. The molecule has 0 spiro atoms. The number of hydrogen-bond donors (Lipinski definition) is 0. The van der Waals surface area contributed by atoms with E-state index in [-0.39, 0.29) is 5.54 Å². The van der Waals surface area contributed by atoms with Crippen LogP contribution < -0.4 is 4.90 Å². The molecule has 0 N–H and O–H groups in total. The summed E-state index contributed by atoms with van der Waals surface area (Å²) in [7, 11) is 0. The van der Waals surface area contributed by atoms with Gasteiger partial charge in [-0.25, -0.2) is 0 Å². The lowest BCUT2D eigenvalue weighted by molar-refractivity contribution is 0.371. The Morgan fingerprint density at radius 2 is 1.60 bits per heavy atom. The summed E-state index contributed by atoms with van der Waals surface area (Å²) in [5.74, 6) is 1.14. The van der Waals surface area contributed by atoms with Gasteiger partial charge in [-0.3, -0.25) is 0 Å². The zero-order chi connectivity index (χ0) is 25.8. The number of unbranched alkanes of at least 4 members (excludes halogenated alkanes) is 1. The van der Waals surface area contributed by atoms with Crippen LogP contribution in [0.4, 0.5) is 5.69 Å². The first-order chi connectivity index (χ1) is 16.6. The van der Waals surface area contributed by atoms with Crippen molar-refractivity contribution in [2.75, 3.05) is 4.90 Å². The van der Waals surface area contributed by atoms with Gasteiger partial charge in [0.05, 0.1) is 0 Å². The number of rotatable bonds is 10. The standard InChI is InChI=1S/C34H49N/c1-10-13-20-34(9,12-3)35(32-18-14-24(4)21-27(32)7)33-19-16-30(23-28(33)8)29-15-17-31(25(5)11-2)26(6)22-29/h14-19,22-23,25,27H,10-13,20-21H2,1-9H3. The van der Waals surface area contributed by atoms with Gasteiger partial charge in [0.15, 0.2) is 0 Å². The van der Waals surface area contributed by atoms with Crippen molar-refractivity contribution in [3.63, 3.8) is 0 Å². The summed E-state index contributed by atoms with van der Waals surface area (Å²) in [5.41, 5.74) is 11.3. The summed E-state index contributed by atoms with van der Waals surface area (Å²) < 4.78 is 0. The first-order valence-electron chi connectivity index (χ1n) is 14.0. The van der Waals surface area contributed by atoms with E-state index in [4.69, 9.17) is 0 Å². The third-order valence-electron chi connectivity index (χ3n) is 8.48. The van der Waals surface area contributed by atoms with Crippen molar-refractivity contribution in [1.29, 1.82) is 0 Å². The van der Waals surface area contributed by atoms with E-state index in [0.29, 0.717) is 11.8 Å². The Morgan fingerprint density at radius 3 is 2.14 bits per heavy atom. The Hall–Kier alpha value is -2.28. The van der Waals surface area contributed by atoms with Crippen LogP contribution in [0.15, 0.2) is 59.8 Å². The molecule has 0 aliphatic heterocycles. The van der Waals surface area contributed by atoms with Crippen LogP contribution in [0.25, 0.3) is 11.1 Å². The molecular formula is C34H49N. The molecule has 35 heavy (non-hydrogen) atoms. The van der Waals surface area contributed by atoms with Gasteiger partial charge in [-0.1, -0.05) is 83.4 Å². The quantitative estimate of drug-likeness (QED) is 0.333. The highest BCUT2D eigenvalue weighted by molar-refractivity contribution is 5.72. The van der Waals surface area contributed by atoms with Crippen molar-refractivity contribution in [2.24, 2.45) is 5.92 Å². The highest BCUT2D eigenvalue weighted by Gasteiger charge is 2.35. The van der Waals surface area contributed by atoms with Crippen LogP contribution in [0.3, 0.4) is 0 Å². The molecule has 0 bridgehead atoms. The first kappa shape index (κ1) is 27.3. The van der Waals surface area contributed by atoms with Crippen molar-refractivity contribution in [1.82, 2.24) is 0 Å². The van der Waals surface area contributed by atoms with Gasteiger partial charge in [0.1, 0.15) is 0 Å². The van der Waals surface area contributed by atoms with E-state index in [1.165, 1.54) is 70.5 Å². The van der Waals surface area contributed by atoms with Crippen molar-refractivity contribution in [2.45, 2.75) is 112 Å². The molecule has 1 aliphatic carbocycles. The Morgan fingerprint density at radius 1 is 0.943 bits per heavy atom. The lowest BCUT2D eigenvalue weighted by Gasteiger charge is -2.47. The molecule has 2 aromatic carbocycles. The fourth-order valence-electron chi connectivity index (χ4n) is 5.80. The Labute approximate surface area is 216 Å². The zero-order valence-electron chi connectivity index (χ0n) is 24.0. The number of nitrogens with zero attached hydrogens (tertiary/aromatic N) is 1. The van der Waals surface area contributed by atoms with Crippen molar-refractivity contribution in [3.8, 4) is 11.1 Å². The van der Waals surface area contributed by atoms with Crippen molar-refractivity contribution >= 4 is 5.69 Å². The van der Waals surface area contributed by atoms with E-state index in [1.807, 2.05) is 0 Å². The molecule has 3 rings (SSSR count). The maximum Gasteiger partial charge on any atom is 0.0443 e. The van der Waals surface area contributed by atoms with Gasteiger partial charge in [0.2, 0.25) is 0 Å². The summed E-state index contributed by atoms with van der Waals surface area (Å²) in [6.45, 7) is 21.0. The number of aryl methyl sites for hydroxylation is 2. The van der Waals surface area contributed by atoms with Crippen LogP contribution in [-0.2, 0) is 0 Å². The van der Waals surface area contributed by atoms with Crippen molar-refractivity contribution in [3.05, 3.63) is 76.5 Å². The predicted molar refractivity (Wildman–Crippen MR) is 156 cm³/mol. The van der Waals surface area contributed by atoms with Gasteiger partial charge < -0.3 is 4.90 Å². The van der Waals surface area contributed by atoms with E-state index in [0.717, 1.165) is 12.8 Å². The van der Waals surface area contributed by atoms with Gasteiger partial charge in [-0.05, 0) is 105 Å². The van der Waals surface area contributed by atoms with Gasteiger partial charge in [-0.15, -0.1) is 0 Å². The molecule has 0 fully saturated rings. The highest BCUT2D eigenvalue weighted by atomic mass is 15.2. The Kier molecular flexibility index (Phi) is 9.08. The lowest BCUT2D eigenvalue weighted by Crippen LogP contribution is -2.47. The second-order valence-corrected chi connectivity index (χ2v) is 11.4. The zero-order valence-corrected chi connectivity index (χ0v) is 24.0. The summed E-state index contributed by atoms with van der Waals surface area (Å²) in [4.78, 5) is 2.71. The molecule has 2 aromatic rings. The molecule has 1 nitrogen and oxygen atoms in total. The monoisotopic (exact) mass is 471 g/mol. The van der Waals surface area contributed by atoms with Gasteiger partial charge in [0.25, 0.3) is 0 Å². The maximum absolute atomic E-state index is 2.71. The van der Waals surface area contributed by atoms with E-state index in [9.17, 15) is 0 Å². The molecule has 0 radical (unpaired) electrons. The molecule has 0 aromatic heterocycles. The summed E-state index contributed by atoms with van der Waals surface area (Å²) >= 11 is 0. The van der Waals surface area contributed by atoms with Crippen LogP contribution in [0, 0.1) is 19.8 Å². The molecule has 1 heteroatoms. The highest BCUT2D eigenvalue weighted by Crippen LogP contribution is 2.42. The Bertz CT molecular complexity index is 1070. The van der Waals surface area contributed by atoms with Crippen LogP contribution >= 0.6 is 0 Å². The molecule has 0 amide bonds. The van der Waals surface area contributed by atoms with E-state index >= 15 is 0 Å². The molecule has 3 atom stereocenters. The maximum atomic E-state index is 2.71. The summed E-state index contributed by atoms with van der Waals surface area (Å²) in [5, 5.41) is 0. The smallest absolute Gasteiger partial charge is 0.0443 e. The van der Waals surface area contributed by atoms with Crippen LogP contribution in [0.2, 0.25) is 0 Å². The lowest BCUT2D eigenvalue weighted by atomic mass is 9.84. The third-order valence-corrected chi connectivity index (χ3v) is 8.48. The second kappa shape index (κ2) is 11.6. The minimum Gasteiger partial charge on any atom is -0.339 e. The predicted octanol–water partition coefficient (Wildman–Crippen LogP) is 10.5. The fraction of sp³-hybridized carbons (Fsp3) is 0.529. The molecule has 1 aliphatic rings. The molecule has 0 heterocycles. The molecule has 3 unspecified atom stereocenters. The SMILES string of the molecule is CCCCC(C)(CC)N(C1=CC=C(C)CC1C)c1ccc(-c2ccc(C(C)CC)c(C)c2)cc1C. The molecular weight excluding hydrogens is 422 g/mol. The summed E-state index contributed by atoms with van der Waals surface area (Å²) in [6, 6.07) is 14.2. The normalized spacial score (nSPS) is 18.5. The van der Waals surface area contributed by atoms with E-state index in [1.54, 1.807) is 0 Å². The van der Waals surface area contributed by atoms with Crippen LogP contribution in [0.1, 0.15) is 110 Å². The van der Waals surface area contributed by atoms with Gasteiger partial charge in [-0.2, -0.15) is 0 Å². The molecule has 190 valence electrons. The fourth-order valence-corrected chi connectivity index (χ4v) is 5.80. The third kappa shape index (κ3) is 5.93. The van der Waals surface area contributed by atoms with Crippen LogP contribution in [0.5, 0.6) is 0 Å². The topological polar surface area (TPSA) is 3.24 Å². The average molecular weight is 472 g/mol. The minimum atomic E-state index is 0.107. The largest absolute Gasteiger partial charge is 0.339 e. The Balaban J connectivity index is 2.07. The number of anilines is 1. The van der Waals surface area contributed by atoms with Gasteiger partial charge >= 0.3 is 0 Å². The second-order valence-electron chi connectivity index (χ2n) is 11.4. The van der Waals surface area contributed by atoms with Gasteiger partial charge in [0, 0.05) is 22.8 Å². The van der Waals surface area contributed by atoms with E-state index < -0.39 is 0 Å². The molecule has 0 saturated carbocycles. The van der Waals surface area contributed by atoms with Crippen LogP contribution in [-0.4, -0.2) is 5.54 Å². The summed E-state index contributed by atoms with van der Waals surface area (Å²) in [6.07, 6.45) is 11.9. The van der Waals surface area contributed by atoms with E-state index in [2.05, 4.69) is 116 Å². The molecule has 0 saturated heterocycles. The number of benzene rings is 2. The number of hydrogen-bond acceptors (Lipinski definition) is 1. The van der Waals surface area contributed by atoms with Crippen molar-refractivity contribution < 1.29 is 0 Å². The number of allylic oxidation sites excluding steroid dienone is 4. The first-order valence-corrected chi connectivity index (χ1v) is 14.0. The average Bonchev–Trinajstić information content (AvgIpc) is 2.84.